The molecule has 0 aliphatic heterocycles. The molecule has 0 aromatic heterocycles. The van der Waals surface area contributed by atoms with E-state index < -0.39 is 5.82 Å². The Morgan fingerprint density at radius 3 is 1.54 bits per heavy atom. The van der Waals surface area contributed by atoms with Crippen LogP contribution in [0.1, 0.15) is 11.1 Å². The highest BCUT2D eigenvalue weighted by molar-refractivity contribution is 7.81. The van der Waals surface area contributed by atoms with Crippen LogP contribution in [0.5, 0.6) is 23.0 Å². The minimum absolute atomic E-state index is 0.177. The van der Waals surface area contributed by atoms with Crippen LogP contribution in [0.2, 0.25) is 0 Å². The van der Waals surface area contributed by atoms with Crippen molar-refractivity contribution in [3.63, 3.8) is 0 Å². The molecule has 0 heterocycles. The number of methoxy groups -OCH3 is 4. The third kappa shape index (κ3) is 7.68. The van der Waals surface area contributed by atoms with Crippen LogP contribution < -0.4 is 35.5 Å². The summed E-state index contributed by atoms with van der Waals surface area (Å²) in [5.41, 5.74) is 4.00. The van der Waals surface area contributed by atoms with Gasteiger partial charge in [-0.15, -0.1) is 0 Å². The number of thiocarbonyl (C=S) groups is 1. The number of para-hydroxylation sites is 2. The van der Waals surface area contributed by atoms with Gasteiger partial charge < -0.3 is 29.7 Å². The van der Waals surface area contributed by atoms with Crippen LogP contribution in [0.3, 0.4) is 0 Å². The van der Waals surface area contributed by atoms with E-state index in [0.717, 1.165) is 0 Å². The lowest BCUT2D eigenvalue weighted by Crippen LogP contribution is -2.31. The Bertz CT molecular complexity index is 1470. The van der Waals surface area contributed by atoms with Crippen LogP contribution in [0.15, 0.2) is 89.9 Å². The number of halogens is 2. The summed E-state index contributed by atoms with van der Waals surface area (Å²) in [7, 11) is 6.14. The van der Waals surface area contributed by atoms with E-state index in [1.807, 2.05) is 0 Å². The number of amidine groups is 1. The fraction of sp³-hybridized carbons (Fsp3) is 0.133. The van der Waals surface area contributed by atoms with Crippen LogP contribution in [0, 0.1) is 11.6 Å². The molecule has 11 heteroatoms. The third-order valence-corrected chi connectivity index (χ3v) is 6.00. The maximum atomic E-state index is 13.9. The second-order valence-electron chi connectivity index (χ2n) is 8.07. The van der Waals surface area contributed by atoms with Gasteiger partial charge in [0, 0.05) is 5.56 Å². The zero-order chi connectivity index (χ0) is 29.8. The number of aliphatic imine (C=N–C) groups is 1. The number of benzene rings is 4. The van der Waals surface area contributed by atoms with Crippen LogP contribution in [-0.2, 0) is 0 Å². The molecule has 4 rings (SSSR count). The Kier molecular flexibility index (Phi) is 11.4. The molecule has 4 N–H and O–H groups in total. The number of rotatable bonds is 8. The number of nitrogens with zero attached hydrogens (tertiary/aromatic N) is 1. The van der Waals surface area contributed by atoms with Gasteiger partial charge in [0.1, 0.15) is 51.0 Å². The smallest absolute Gasteiger partial charge is 0.151 e. The van der Waals surface area contributed by atoms with Gasteiger partial charge in [-0.3, -0.25) is 0 Å². The van der Waals surface area contributed by atoms with Crippen molar-refractivity contribution in [1.82, 2.24) is 5.43 Å². The number of nitrogens with two attached hydrogens (primary N) is 1. The average molecular weight is 581 g/mol. The lowest BCUT2D eigenvalue weighted by atomic mass is 10.2. The van der Waals surface area contributed by atoms with Crippen molar-refractivity contribution in [1.29, 1.82) is 0 Å². The predicted molar refractivity (Wildman–Crippen MR) is 161 cm³/mol. The number of ether oxygens (including phenoxy) is 4. The predicted octanol–water partition coefficient (Wildman–Crippen LogP) is 6.02. The Labute approximate surface area is 242 Å². The van der Waals surface area contributed by atoms with Crippen LogP contribution in [0.4, 0.5) is 20.2 Å². The average Bonchev–Trinajstić information content (AvgIpc) is 3.00. The summed E-state index contributed by atoms with van der Waals surface area (Å²) in [6.07, 6.45) is 0. The largest absolute Gasteiger partial charge is 0.494 e. The van der Waals surface area contributed by atoms with E-state index in [4.69, 9.17) is 37.0 Å². The first-order valence-electron chi connectivity index (χ1n) is 12.2. The zero-order valence-corrected chi connectivity index (χ0v) is 23.7. The minimum Gasteiger partial charge on any atom is -0.494 e. The molecule has 0 bridgehead atoms. The van der Waals surface area contributed by atoms with Crippen molar-refractivity contribution in [3.8, 4) is 23.0 Å². The summed E-state index contributed by atoms with van der Waals surface area (Å²) in [6.45, 7) is 0. The highest BCUT2D eigenvalue weighted by atomic mass is 32.1. The Hall–Kier alpha value is -4.74. The van der Waals surface area contributed by atoms with E-state index in [-0.39, 0.29) is 22.2 Å². The van der Waals surface area contributed by atoms with E-state index in [1.165, 1.54) is 26.4 Å². The summed E-state index contributed by atoms with van der Waals surface area (Å²) in [5, 5.41) is 2.98. The second kappa shape index (κ2) is 15.2. The van der Waals surface area contributed by atoms with Crippen LogP contribution >= 0.6 is 12.2 Å². The van der Waals surface area contributed by atoms with Crippen molar-refractivity contribution >= 4 is 34.4 Å². The Balaban J connectivity index is 0.000000226. The molecule has 0 aliphatic rings. The van der Waals surface area contributed by atoms with Gasteiger partial charge in [0.05, 0.1) is 34.0 Å². The van der Waals surface area contributed by atoms with Gasteiger partial charge in [0.15, 0.2) is 5.84 Å². The Morgan fingerprint density at radius 1 is 0.659 bits per heavy atom. The molecule has 0 atom stereocenters. The monoisotopic (exact) mass is 580 g/mol. The summed E-state index contributed by atoms with van der Waals surface area (Å²) in [5.74, 6) is 6.99. The maximum Gasteiger partial charge on any atom is 0.151 e. The highest BCUT2D eigenvalue weighted by Crippen LogP contribution is 2.37. The van der Waals surface area contributed by atoms with Crippen molar-refractivity contribution in [3.05, 3.63) is 108 Å². The quantitative estimate of drug-likeness (QED) is 0.0766. The summed E-state index contributed by atoms with van der Waals surface area (Å²) in [6, 6.07) is 23.1. The summed E-state index contributed by atoms with van der Waals surface area (Å²) < 4.78 is 48.6. The number of hydrogen-bond acceptors (Lipinski definition) is 7. The van der Waals surface area contributed by atoms with Gasteiger partial charge in [-0.2, -0.15) is 0 Å². The molecule has 0 fully saturated rings. The van der Waals surface area contributed by atoms with Gasteiger partial charge in [-0.25, -0.2) is 19.6 Å². The van der Waals surface area contributed by atoms with Gasteiger partial charge in [-0.05, 0) is 48.5 Å². The molecule has 8 nitrogen and oxygen atoms in total. The normalized spacial score (nSPS) is 10.6. The molecule has 0 amide bonds. The van der Waals surface area contributed by atoms with Crippen molar-refractivity contribution in [2.75, 3.05) is 33.8 Å². The molecule has 41 heavy (non-hydrogen) atoms. The molecule has 0 saturated heterocycles. The first-order chi connectivity index (χ1) is 19.9. The summed E-state index contributed by atoms with van der Waals surface area (Å²) in [4.78, 5) is 4.61. The number of nitrogens with one attached hydrogen (secondary N) is 2. The molecular weight excluding hydrogens is 550 g/mol. The van der Waals surface area contributed by atoms with Crippen LogP contribution in [-0.4, -0.2) is 39.3 Å². The first-order valence-corrected chi connectivity index (χ1v) is 12.6. The fourth-order valence-corrected chi connectivity index (χ4v) is 3.95. The maximum absolute atomic E-state index is 13.9. The molecule has 4 aromatic carbocycles. The summed E-state index contributed by atoms with van der Waals surface area (Å²) >= 11 is 5.24. The number of anilines is 1. The van der Waals surface area contributed by atoms with Gasteiger partial charge in [-0.1, -0.05) is 48.6 Å². The lowest BCUT2D eigenvalue weighted by molar-refractivity contribution is 0.397. The molecule has 0 spiro atoms. The highest BCUT2D eigenvalue weighted by Gasteiger charge is 2.15. The molecular formula is C30H30F2N4O4S. The molecule has 0 aliphatic carbocycles. The fourth-order valence-electron chi connectivity index (χ4n) is 3.68. The van der Waals surface area contributed by atoms with E-state index in [0.29, 0.717) is 39.9 Å². The molecule has 214 valence electrons. The van der Waals surface area contributed by atoms with Crippen molar-refractivity contribution in [2.45, 2.75) is 0 Å². The van der Waals surface area contributed by atoms with Crippen molar-refractivity contribution in [2.24, 2.45) is 10.8 Å². The first kappa shape index (κ1) is 30.8. The van der Waals surface area contributed by atoms with E-state index >= 15 is 0 Å². The van der Waals surface area contributed by atoms with E-state index in [2.05, 4.69) is 15.7 Å². The zero-order valence-electron chi connectivity index (χ0n) is 22.9. The van der Waals surface area contributed by atoms with Gasteiger partial charge in [0.25, 0.3) is 0 Å². The molecule has 0 radical (unpaired) electrons. The lowest BCUT2D eigenvalue weighted by Gasteiger charge is -2.15. The topological polar surface area (TPSA) is 99.4 Å². The molecule has 0 unspecified atom stereocenters. The van der Waals surface area contributed by atoms with Gasteiger partial charge >= 0.3 is 0 Å². The minimum atomic E-state index is -0.428. The second-order valence-corrected chi connectivity index (χ2v) is 8.48. The Morgan fingerprint density at radius 2 is 1.10 bits per heavy atom. The van der Waals surface area contributed by atoms with Crippen molar-refractivity contribution < 1.29 is 27.7 Å². The SMILES string of the molecule is COc1cccc(OC)c1N=C(NN)c1ccccc1F.COc1cccc(OC)c1NC(=S)c1ccccc1F. The number of hydrazine groups is 1. The standard InChI is InChI=1S/C15H16FN3O2.C15H14FNO2S/c1-20-12-8-5-9-13(21-2)14(12)18-15(19-17)10-6-3-4-7-11(10)16;1-18-12-8-5-9-13(19-2)14(12)17-15(20)10-6-3-4-7-11(10)16/h3-9H,17H2,1-2H3,(H,18,19);3-9H,1-2H3,(H,17,20). The van der Waals surface area contributed by atoms with E-state index in [1.54, 1.807) is 87.0 Å². The molecule has 0 saturated carbocycles. The molecule has 4 aromatic rings. The van der Waals surface area contributed by atoms with Crippen LogP contribution in [0.25, 0.3) is 0 Å². The van der Waals surface area contributed by atoms with Gasteiger partial charge in [0.2, 0.25) is 0 Å². The van der Waals surface area contributed by atoms with E-state index in [9.17, 15) is 8.78 Å². The third-order valence-electron chi connectivity index (χ3n) is 5.68. The number of hydrogen-bond donors (Lipinski definition) is 3.